The van der Waals surface area contributed by atoms with Crippen molar-refractivity contribution in [2.45, 2.75) is 24.8 Å². The number of H-pyrrole nitrogens is 1. The molecule has 4 nitrogen and oxygen atoms in total. The molecule has 1 aromatic heterocycles. The van der Waals surface area contributed by atoms with Crippen molar-refractivity contribution in [1.29, 1.82) is 0 Å². The maximum absolute atomic E-state index is 6.21. The molecular weight excluding hydrogens is 226 g/mol. The summed E-state index contributed by atoms with van der Waals surface area (Å²) in [6.07, 6.45) is 3.73. The molecule has 0 bridgehead atoms. The van der Waals surface area contributed by atoms with Crippen molar-refractivity contribution in [3.05, 3.63) is 47.3 Å². The lowest BCUT2D eigenvalue weighted by molar-refractivity contribution is 0.397. The van der Waals surface area contributed by atoms with Gasteiger partial charge in [-0.05, 0) is 30.4 Å². The Morgan fingerprint density at radius 3 is 3.00 bits per heavy atom. The first-order chi connectivity index (χ1) is 8.79. The average molecular weight is 243 g/mol. The van der Waals surface area contributed by atoms with Gasteiger partial charge in [0.2, 0.25) is 0 Å². The van der Waals surface area contributed by atoms with Crippen LogP contribution in [0.25, 0.3) is 0 Å². The number of hydrogen-bond donors (Lipinski definition) is 2. The highest BCUT2D eigenvalue weighted by Gasteiger charge is 2.28. The second-order valence-electron chi connectivity index (χ2n) is 4.79. The maximum atomic E-state index is 6.21. The van der Waals surface area contributed by atoms with Crippen molar-refractivity contribution in [2.75, 3.05) is 7.11 Å². The Bertz CT molecular complexity index is 549. The third-order valence-electron chi connectivity index (χ3n) is 3.72. The molecule has 1 aliphatic carbocycles. The van der Waals surface area contributed by atoms with E-state index in [2.05, 4.69) is 16.3 Å². The molecule has 2 unspecified atom stereocenters. The number of para-hydroxylation sites is 1. The van der Waals surface area contributed by atoms with E-state index in [9.17, 15) is 0 Å². The van der Waals surface area contributed by atoms with Crippen LogP contribution < -0.4 is 10.5 Å². The summed E-state index contributed by atoms with van der Waals surface area (Å²) in [5.41, 5.74) is 9.75. The van der Waals surface area contributed by atoms with Crippen molar-refractivity contribution in [3.63, 3.8) is 0 Å². The van der Waals surface area contributed by atoms with E-state index in [4.69, 9.17) is 10.5 Å². The van der Waals surface area contributed by atoms with Crippen LogP contribution >= 0.6 is 0 Å². The lowest BCUT2D eigenvalue weighted by Gasteiger charge is -2.27. The van der Waals surface area contributed by atoms with Crippen molar-refractivity contribution >= 4 is 0 Å². The zero-order chi connectivity index (χ0) is 12.5. The summed E-state index contributed by atoms with van der Waals surface area (Å²) in [5.74, 6) is 1.33. The van der Waals surface area contributed by atoms with Gasteiger partial charge in [-0.2, -0.15) is 5.10 Å². The predicted octanol–water partition coefficient (Wildman–Crippen LogP) is 2.15. The smallest absolute Gasteiger partial charge is 0.122 e. The molecule has 0 spiro atoms. The Morgan fingerprint density at radius 2 is 2.17 bits per heavy atom. The lowest BCUT2D eigenvalue weighted by Crippen LogP contribution is -2.22. The fourth-order valence-electron chi connectivity index (χ4n) is 2.81. The van der Waals surface area contributed by atoms with Crippen LogP contribution in [0.4, 0.5) is 0 Å². The van der Waals surface area contributed by atoms with Crippen molar-refractivity contribution in [1.82, 2.24) is 10.2 Å². The maximum Gasteiger partial charge on any atom is 0.122 e. The molecule has 0 amide bonds. The van der Waals surface area contributed by atoms with E-state index in [1.54, 1.807) is 7.11 Å². The Morgan fingerprint density at radius 1 is 1.33 bits per heavy atom. The number of benzene rings is 1. The minimum atomic E-state index is 0.0578. The normalized spacial score (nSPS) is 22.6. The number of nitrogens with two attached hydrogens (primary N) is 1. The van der Waals surface area contributed by atoms with Gasteiger partial charge >= 0.3 is 0 Å². The second-order valence-corrected chi connectivity index (χ2v) is 4.79. The third-order valence-corrected chi connectivity index (χ3v) is 3.72. The summed E-state index contributed by atoms with van der Waals surface area (Å²) in [7, 11) is 1.71. The van der Waals surface area contributed by atoms with E-state index < -0.39 is 0 Å². The number of methoxy groups -OCH3 is 1. The number of fused-ring (bicyclic) bond motifs is 1. The van der Waals surface area contributed by atoms with Gasteiger partial charge in [-0.3, -0.25) is 5.10 Å². The first kappa shape index (κ1) is 11.3. The van der Waals surface area contributed by atoms with Gasteiger partial charge in [0, 0.05) is 17.3 Å². The van der Waals surface area contributed by atoms with Crippen LogP contribution in [-0.4, -0.2) is 17.3 Å². The Balaban J connectivity index is 1.95. The summed E-state index contributed by atoms with van der Waals surface area (Å²) in [4.78, 5) is 0. The van der Waals surface area contributed by atoms with Crippen LogP contribution in [0.15, 0.2) is 30.5 Å². The molecule has 4 heteroatoms. The summed E-state index contributed by atoms with van der Waals surface area (Å²) in [5, 5.41) is 7.14. The summed E-state index contributed by atoms with van der Waals surface area (Å²) < 4.78 is 5.44. The van der Waals surface area contributed by atoms with Crippen molar-refractivity contribution in [2.24, 2.45) is 5.73 Å². The van der Waals surface area contributed by atoms with Crippen LogP contribution in [0.3, 0.4) is 0 Å². The number of nitrogens with one attached hydrogen (secondary N) is 1. The van der Waals surface area contributed by atoms with E-state index >= 15 is 0 Å². The van der Waals surface area contributed by atoms with Crippen molar-refractivity contribution < 1.29 is 4.74 Å². The van der Waals surface area contributed by atoms with Gasteiger partial charge in [0.05, 0.1) is 13.3 Å². The molecule has 1 heterocycles. The Labute approximate surface area is 106 Å². The zero-order valence-electron chi connectivity index (χ0n) is 10.4. The molecular formula is C14H17N3O. The van der Waals surface area contributed by atoms with Gasteiger partial charge in [0.25, 0.3) is 0 Å². The monoisotopic (exact) mass is 243 g/mol. The van der Waals surface area contributed by atoms with E-state index in [1.165, 1.54) is 5.56 Å². The molecule has 0 saturated carbocycles. The van der Waals surface area contributed by atoms with Crippen molar-refractivity contribution in [3.8, 4) is 5.75 Å². The second kappa shape index (κ2) is 4.46. The predicted molar refractivity (Wildman–Crippen MR) is 69.6 cm³/mol. The van der Waals surface area contributed by atoms with E-state index in [0.29, 0.717) is 5.92 Å². The minimum Gasteiger partial charge on any atom is -0.496 e. The van der Waals surface area contributed by atoms with Crippen LogP contribution in [-0.2, 0) is 6.42 Å². The van der Waals surface area contributed by atoms with E-state index in [0.717, 1.165) is 29.8 Å². The molecule has 2 aromatic rings. The fraction of sp³-hybridized carbons (Fsp3) is 0.357. The first-order valence-corrected chi connectivity index (χ1v) is 6.20. The fourth-order valence-corrected chi connectivity index (χ4v) is 2.81. The molecule has 3 N–H and O–H groups in total. The number of aromatic amines is 1. The zero-order valence-corrected chi connectivity index (χ0v) is 10.4. The van der Waals surface area contributed by atoms with Gasteiger partial charge in [0.1, 0.15) is 5.75 Å². The molecule has 2 atom stereocenters. The van der Waals surface area contributed by atoms with Crippen LogP contribution in [0.1, 0.15) is 35.2 Å². The summed E-state index contributed by atoms with van der Waals surface area (Å²) in [6.45, 7) is 0. The SMILES string of the molecule is COc1ccccc1C1Cc2[nH]ncc2C(N)C1. The lowest BCUT2D eigenvalue weighted by atomic mass is 9.80. The number of aromatic nitrogens is 2. The molecule has 94 valence electrons. The van der Waals surface area contributed by atoms with Crippen LogP contribution in [0, 0.1) is 0 Å². The van der Waals surface area contributed by atoms with E-state index in [-0.39, 0.29) is 6.04 Å². The topological polar surface area (TPSA) is 63.9 Å². The van der Waals surface area contributed by atoms with Gasteiger partial charge in [-0.15, -0.1) is 0 Å². The Kier molecular flexibility index (Phi) is 2.80. The molecule has 1 aliphatic rings. The highest BCUT2D eigenvalue weighted by molar-refractivity contribution is 5.39. The number of ether oxygens (including phenoxy) is 1. The number of hydrogen-bond acceptors (Lipinski definition) is 3. The molecule has 0 saturated heterocycles. The molecule has 0 fully saturated rings. The molecule has 1 aromatic carbocycles. The van der Waals surface area contributed by atoms with Crippen LogP contribution in [0.5, 0.6) is 5.75 Å². The highest BCUT2D eigenvalue weighted by Crippen LogP contribution is 2.39. The van der Waals surface area contributed by atoms with Crippen LogP contribution in [0.2, 0.25) is 0 Å². The Hall–Kier alpha value is -1.81. The molecule has 18 heavy (non-hydrogen) atoms. The van der Waals surface area contributed by atoms with E-state index in [1.807, 2.05) is 24.4 Å². The van der Waals surface area contributed by atoms with Gasteiger partial charge in [-0.25, -0.2) is 0 Å². The number of rotatable bonds is 2. The molecule has 0 radical (unpaired) electrons. The van der Waals surface area contributed by atoms with Gasteiger partial charge in [-0.1, -0.05) is 18.2 Å². The van der Waals surface area contributed by atoms with Gasteiger partial charge in [0.15, 0.2) is 0 Å². The molecule has 0 aliphatic heterocycles. The average Bonchev–Trinajstić information content (AvgIpc) is 2.87. The largest absolute Gasteiger partial charge is 0.496 e. The standard InChI is InChI=1S/C14H17N3O/c1-18-14-5-3-2-4-10(14)9-6-12(15)11-8-16-17-13(11)7-9/h2-5,8-9,12H,6-7,15H2,1H3,(H,16,17). The minimum absolute atomic E-state index is 0.0578. The number of nitrogens with zero attached hydrogens (tertiary/aromatic N) is 1. The highest BCUT2D eigenvalue weighted by atomic mass is 16.5. The van der Waals surface area contributed by atoms with Gasteiger partial charge < -0.3 is 10.5 Å². The summed E-state index contributed by atoms with van der Waals surface area (Å²) in [6, 6.07) is 8.22. The third kappa shape index (κ3) is 1.78. The first-order valence-electron chi connectivity index (χ1n) is 6.20. The summed E-state index contributed by atoms with van der Waals surface area (Å²) >= 11 is 0. The molecule has 3 rings (SSSR count). The quantitative estimate of drug-likeness (QED) is 0.849.